The molecule has 0 bridgehead atoms. The first-order valence-electron chi connectivity index (χ1n) is 21.6. The van der Waals surface area contributed by atoms with Gasteiger partial charge in [-0.1, -0.05) is 160 Å². The van der Waals surface area contributed by atoms with E-state index >= 15 is 0 Å². The Bertz CT molecular complexity index is 1590. The van der Waals surface area contributed by atoms with E-state index in [1.807, 2.05) is 18.2 Å². The number of benzene rings is 1. The number of allylic oxidation sites excluding steroid dienone is 5. The molecule has 1 amide bonds. The Morgan fingerprint density at radius 3 is 1.95 bits per heavy atom. The fourth-order valence-corrected chi connectivity index (χ4v) is 15.2. The lowest BCUT2D eigenvalue weighted by Gasteiger charge is -2.48. The molecule has 0 aliphatic rings. The molecule has 0 saturated heterocycles. The summed E-state index contributed by atoms with van der Waals surface area (Å²) in [5.41, 5.74) is 3.68. The van der Waals surface area contributed by atoms with Gasteiger partial charge in [0.05, 0.1) is 51.2 Å². The maximum atomic E-state index is 14.1. The van der Waals surface area contributed by atoms with Gasteiger partial charge in [-0.3, -0.25) is 9.69 Å². The predicted molar refractivity (Wildman–Crippen MR) is 266 cm³/mol. The summed E-state index contributed by atoms with van der Waals surface area (Å²) >= 11 is 18.1. The van der Waals surface area contributed by atoms with E-state index in [-0.39, 0.29) is 48.8 Å². The zero-order valence-corrected chi connectivity index (χ0v) is 44.6. The molecule has 0 fully saturated rings. The van der Waals surface area contributed by atoms with Crippen molar-refractivity contribution in [1.82, 2.24) is 0 Å². The number of carbonyl (C=O) groups is 1. The van der Waals surface area contributed by atoms with Crippen molar-refractivity contribution < 1.29 is 32.6 Å². The molecule has 0 saturated carbocycles. The first-order valence-corrected chi connectivity index (χ1v) is 27.8. The summed E-state index contributed by atoms with van der Waals surface area (Å²) in [4.78, 5) is 15.5. The highest BCUT2D eigenvalue weighted by Crippen LogP contribution is 2.46. The number of aryl methyl sites for hydroxylation is 1. The molecule has 0 radical (unpaired) electrons. The third kappa shape index (κ3) is 17.2. The van der Waals surface area contributed by atoms with Gasteiger partial charge in [0.1, 0.15) is 18.2 Å². The molecular weight excluding hydrogens is 865 g/mol. The Kier molecular flexibility index (Phi) is 24.5. The summed E-state index contributed by atoms with van der Waals surface area (Å²) in [6.45, 7) is 37.2. The van der Waals surface area contributed by atoms with Crippen LogP contribution in [0.4, 0.5) is 5.69 Å². The summed E-state index contributed by atoms with van der Waals surface area (Å²) in [6.07, 6.45) is 14.7. The Hall–Kier alpha value is -1.87. The van der Waals surface area contributed by atoms with Crippen molar-refractivity contribution in [2.75, 3.05) is 39.6 Å². The summed E-state index contributed by atoms with van der Waals surface area (Å²) in [5, 5.41) is 0.0403. The molecule has 0 aliphatic heterocycles. The Labute approximate surface area is 388 Å². The molecule has 8 nitrogen and oxygen atoms in total. The van der Waals surface area contributed by atoms with E-state index < -0.39 is 26.5 Å². The quantitative estimate of drug-likeness (QED) is 0.0286. The minimum atomic E-state index is -2.35. The number of carbonyl (C=O) groups excluding carboxylic acids is 1. The zero-order valence-electron chi connectivity index (χ0n) is 40.3. The number of methoxy groups -OCH3 is 3. The molecule has 0 N–H and O–H groups in total. The molecule has 61 heavy (non-hydrogen) atoms. The molecule has 0 aliphatic carbocycles. The minimum Gasteiger partial charge on any atom is -0.497 e. The number of anilines is 1. The van der Waals surface area contributed by atoms with E-state index in [4.69, 9.17) is 62.6 Å². The molecule has 0 aromatic heterocycles. The van der Waals surface area contributed by atoms with E-state index in [0.29, 0.717) is 46.7 Å². The van der Waals surface area contributed by atoms with Crippen molar-refractivity contribution in [2.24, 2.45) is 5.92 Å². The topological polar surface area (TPSA) is 75.7 Å². The number of nitrogens with zero attached hydrogens (tertiary/aromatic N) is 1. The van der Waals surface area contributed by atoms with Crippen LogP contribution in [0, 0.1) is 5.92 Å². The number of amides is 1. The van der Waals surface area contributed by atoms with Crippen molar-refractivity contribution in [2.45, 2.75) is 159 Å². The Balaban J connectivity index is 3.94. The lowest BCUT2D eigenvalue weighted by atomic mass is 9.90. The number of hydrogen-bond acceptors (Lipinski definition) is 7. The molecule has 1 rings (SSSR count). The summed E-state index contributed by atoms with van der Waals surface area (Å²) in [7, 11) is 0.217. The molecule has 4 atom stereocenters. The van der Waals surface area contributed by atoms with Gasteiger partial charge in [-0.05, 0) is 72.6 Å². The van der Waals surface area contributed by atoms with Gasteiger partial charge < -0.3 is 27.8 Å². The fraction of sp³-hybridized carbons (Fsp3) is 0.646. The standard InChI is InChI=1S/C48H80Cl3NO7Si2/c1-19-21-23-28-43(58-60(17,18)47(11,12)13)38(10)45(59-61(34(3)4,35(5)6)36(7)8)37(9)25-24-26-39-29-41(55-15)30-42(46(39)56-16)52(33-57-32-48(49,50)51)44(53)31-40(54-14)27-22-20-2/h19-23,25,27,29-30,34-36,38,40,43,45H,1-2,24,26,28,31-33H2,3-18H3/b23-21+,27-22+,37-25?/t38-,40-,43-,45-/m0/s1. The average molecular weight is 946 g/mol. The third-order valence-corrected chi connectivity index (χ3v) is 23.0. The molecule has 1 aromatic carbocycles. The van der Waals surface area contributed by atoms with Crippen LogP contribution in [0.2, 0.25) is 34.8 Å². The van der Waals surface area contributed by atoms with Gasteiger partial charge in [-0.25, -0.2) is 0 Å². The van der Waals surface area contributed by atoms with Crippen LogP contribution < -0.4 is 14.4 Å². The molecular formula is C48H80Cl3NO7Si2. The first-order chi connectivity index (χ1) is 28.3. The minimum absolute atomic E-state index is 0.00657. The van der Waals surface area contributed by atoms with Crippen LogP contribution in [-0.4, -0.2) is 79.3 Å². The van der Waals surface area contributed by atoms with E-state index in [0.717, 1.165) is 12.0 Å². The molecule has 1 aromatic rings. The maximum absolute atomic E-state index is 14.1. The number of hydrogen-bond donors (Lipinski definition) is 0. The largest absolute Gasteiger partial charge is 0.497 e. The number of ether oxygens (including phenoxy) is 4. The van der Waals surface area contributed by atoms with Gasteiger partial charge in [-0.2, -0.15) is 0 Å². The van der Waals surface area contributed by atoms with Crippen LogP contribution in [0.25, 0.3) is 0 Å². The molecule has 348 valence electrons. The summed E-state index contributed by atoms with van der Waals surface area (Å²) < 4.78 is 36.6. The molecule has 0 heterocycles. The highest BCUT2D eigenvalue weighted by atomic mass is 35.6. The van der Waals surface area contributed by atoms with E-state index in [2.05, 4.69) is 115 Å². The Morgan fingerprint density at radius 1 is 0.885 bits per heavy atom. The van der Waals surface area contributed by atoms with Crippen LogP contribution in [0.15, 0.2) is 73.4 Å². The van der Waals surface area contributed by atoms with Crippen molar-refractivity contribution >= 4 is 63.0 Å². The lowest BCUT2D eigenvalue weighted by molar-refractivity contribution is -0.121. The van der Waals surface area contributed by atoms with Crippen molar-refractivity contribution in [1.29, 1.82) is 0 Å². The predicted octanol–water partition coefficient (Wildman–Crippen LogP) is 14.1. The number of halogens is 3. The van der Waals surface area contributed by atoms with Crippen molar-refractivity contribution in [3.05, 3.63) is 79.0 Å². The monoisotopic (exact) mass is 943 g/mol. The second-order valence-corrected chi connectivity index (χ2v) is 31.0. The molecule has 0 unspecified atom stereocenters. The van der Waals surface area contributed by atoms with Crippen LogP contribution in [-0.2, 0) is 29.5 Å². The molecule has 13 heteroatoms. The van der Waals surface area contributed by atoms with E-state index in [1.165, 1.54) is 10.5 Å². The van der Waals surface area contributed by atoms with Gasteiger partial charge in [-0.15, -0.1) is 0 Å². The molecule has 0 spiro atoms. The number of alkyl halides is 3. The average Bonchev–Trinajstić information content (AvgIpc) is 3.16. The highest BCUT2D eigenvalue weighted by molar-refractivity contribution is 6.77. The lowest BCUT2D eigenvalue weighted by Crippen LogP contribution is -2.54. The number of rotatable bonds is 27. The maximum Gasteiger partial charge on any atom is 0.231 e. The third-order valence-electron chi connectivity index (χ3n) is 12.1. The summed E-state index contributed by atoms with van der Waals surface area (Å²) in [6, 6.07) is 3.70. The fourth-order valence-electron chi connectivity index (χ4n) is 7.87. The smallest absolute Gasteiger partial charge is 0.231 e. The van der Waals surface area contributed by atoms with Gasteiger partial charge in [0.25, 0.3) is 0 Å². The first kappa shape index (κ1) is 57.2. The van der Waals surface area contributed by atoms with Gasteiger partial charge >= 0.3 is 0 Å². The second kappa shape index (κ2) is 26.2. The Morgan fingerprint density at radius 2 is 1.48 bits per heavy atom. The van der Waals surface area contributed by atoms with Crippen LogP contribution in [0.3, 0.4) is 0 Å². The second-order valence-electron chi connectivity index (χ2n) is 18.4. The van der Waals surface area contributed by atoms with Crippen molar-refractivity contribution in [3.63, 3.8) is 0 Å². The highest BCUT2D eigenvalue weighted by Gasteiger charge is 2.49. The van der Waals surface area contributed by atoms with Crippen LogP contribution in [0.1, 0.15) is 101 Å². The van der Waals surface area contributed by atoms with Crippen LogP contribution in [0.5, 0.6) is 11.5 Å². The van der Waals surface area contributed by atoms with Gasteiger partial charge in [0, 0.05) is 24.7 Å². The van der Waals surface area contributed by atoms with E-state index in [1.54, 1.807) is 45.6 Å². The van der Waals surface area contributed by atoms with Gasteiger partial charge in [0.15, 0.2) is 8.32 Å². The van der Waals surface area contributed by atoms with Crippen LogP contribution >= 0.6 is 34.8 Å². The van der Waals surface area contributed by atoms with E-state index in [9.17, 15) is 4.79 Å². The van der Waals surface area contributed by atoms with Gasteiger partial charge in [0.2, 0.25) is 18.0 Å². The summed E-state index contributed by atoms with van der Waals surface area (Å²) in [5.74, 6) is 0.815. The van der Waals surface area contributed by atoms with Crippen molar-refractivity contribution in [3.8, 4) is 11.5 Å². The normalized spacial score (nSPS) is 15.5. The zero-order chi connectivity index (χ0) is 46.9. The SMILES string of the molecule is C=C/C=C/C[C@H](O[Si](C)(C)C(C)(C)C)[C@H](C)[C@@H](O[Si](C(C)C)(C(C)C)C(C)C)C(C)=CCCc1cc(OC)cc(N(COCC(Cl)(Cl)Cl)C(=O)C[C@H](/C=C/C=C)OC)c1OC.